The predicted octanol–water partition coefficient (Wildman–Crippen LogP) is 3.13. The van der Waals surface area contributed by atoms with E-state index in [4.69, 9.17) is 4.74 Å². The van der Waals surface area contributed by atoms with Crippen molar-refractivity contribution in [3.63, 3.8) is 0 Å². The van der Waals surface area contributed by atoms with Gasteiger partial charge >= 0.3 is 0 Å². The van der Waals surface area contributed by atoms with E-state index in [0.717, 1.165) is 16.7 Å². The minimum absolute atomic E-state index is 0.0265. The molecule has 0 aliphatic carbocycles. The smallest absolute Gasteiger partial charge is 0.224 e. The summed E-state index contributed by atoms with van der Waals surface area (Å²) in [4.78, 5) is 16.4. The van der Waals surface area contributed by atoms with Gasteiger partial charge in [0.1, 0.15) is 0 Å². The number of hydrogen-bond donors (Lipinski definition) is 0. The molecule has 3 nitrogen and oxygen atoms in total. The maximum absolute atomic E-state index is 12.3. The SMILES string of the molecule is COc1ncccc1C(=O)Cc1cc(C)ccc1C. The standard InChI is InChI=1S/C16H17NO2/c1-11-6-7-12(2)13(9-11)10-15(18)14-5-4-8-17-16(14)19-3/h4-9H,10H2,1-3H3. The minimum Gasteiger partial charge on any atom is -0.480 e. The molecule has 3 heteroatoms. The van der Waals surface area contributed by atoms with Gasteiger partial charge in [0.05, 0.1) is 12.7 Å². The number of rotatable bonds is 4. The van der Waals surface area contributed by atoms with E-state index in [-0.39, 0.29) is 5.78 Å². The molecular formula is C16H17NO2. The number of nitrogens with zero attached hydrogens (tertiary/aromatic N) is 1. The van der Waals surface area contributed by atoms with E-state index in [2.05, 4.69) is 11.1 Å². The Kier molecular flexibility index (Phi) is 3.95. The van der Waals surface area contributed by atoms with Crippen molar-refractivity contribution in [2.45, 2.75) is 20.3 Å². The fourth-order valence-corrected chi connectivity index (χ4v) is 2.02. The summed E-state index contributed by atoms with van der Waals surface area (Å²) in [5.74, 6) is 0.413. The van der Waals surface area contributed by atoms with Crippen LogP contribution in [0.5, 0.6) is 5.88 Å². The third kappa shape index (κ3) is 2.99. The van der Waals surface area contributed by atoms with Crippen molar-refractivity contribution < 1.29 is 9.53 Å². The zero-order valence-corrected chi connectivity index (χ0v) is 11.4. The highest BCUT2D eigenvalue weighted by molar-refractivity contribution is 5.99. The molecule has 2 rings (SSSR count). The fourth-order valence-electron chi connectivity index (χ4n) is 2.02. The zero-order chi connectivity index (χ0) is 13.8. The number of carbonyl (C=O) groups is 1. The minimum atomic E-state index is 0.0265. The van der Waals surface area contributed by atoms with Gasteiger partial charge < -0.3 is 4.74 Å². The Hall–Kier alpha value is -2.16. The lowest BCUT2D eigenvalue weighted by Crippen LogP contribution is -2.08. The summed E-state index contributed by atoms with van der Waals surface area (Å²) in [6.07, 6.45) is 1.99. The van der Waals surface area contributed by atoms with Gasteiger partial charge in [-0.1, -0.05) is 23.8 Å². The second-order valence-corrected chi connectivity index (χ2v) is 4.59. The maximum atomic E-state index is 12.3. The van der Waals surface area contributed by atoms with Crippen LogP contribution in [0.4, 0.5) is 0 Å². The Morgan fingerprint density at radius 1 is 1.26 bits per heavy atom. The number of methoxy groups -OCH3 is 1. The molecule has 0 aliphatic rings. The summed E-state index contributed by atoms with van der Waals surface area (Å²) in [6, 6.07) is 9.64. The molecule has 0 saturated heterocycles. The van der Waals surface area contributed by atoms with Crippen molar-refractivity contribution >= 4 is 5.78 Å². The molecule has 0 amide bonds. The number of carbonyl (C=O) groups excluding carboxylic acids is 1. The maximum Gasteiger partial charge on any atom is 0.224 e. The van der Waals surface area contributed by atoms with Gasteiger partial charge in [-0.2, -0.15) is 0 Å². The lowest BCUT2D eigenvalue weighted by molar-refractivity contribution is 0.0989. The molecule has 98 valence electrons. The van der Waals surface area contributed by atoms with Gasteiger partial charge in [0, 0.05) is 12.6 Å². The number of aryl methyl sites for hydroxylation is 2. The largest absolute Gasteiger partial charge is 0.480 e. The quantitative estimate of drug-likeness (QED) is 0.788. The van der Waals surface area contributed by atoms with Crippen LogP contribution in [0.3, 0.4) is 0 Å². The van der Waals surface area contributed by atoms with Gasteiger partial charge in [0.25, 0.3) is 0 Å². The van der Waals surface area contributed by atoms with Crippen molar-refractivity contribution in [3.05, 3.63) is 58.8 Å². The Balaban J connectivity index is 2.28. The normalized spacial score (nSPS) is 10.3. The van der Waals surface area contributed by atoms with Gasteiger partial charge in [0.2, 0.25) is 5.88 Å². The van der Waals surface area contributed by atoms with E-state index in [9.17, 15) is 4.79 Å². The summed E-state index contributed by atoms with van der Waals surface area (Å²) in [5.41, 5.74) is 3.87. The number of Topliss-reactive ketones (excluding diaryl/α,β-unsaturated/α-hetero) is 1. The molecule has 2 aromatic rings. The number of aromatic nitrogens is 1. The monoisotopic (exact) mass is 255 g/mol. The van der Waals surface area contributed by atoms with Gasteiger partial charge in [-0.3, -0.25) is 4.79 Å². The molecule has 1 aromatic carbocycles. The van der Waals surface area contributed by atoms with Crippen molar-refractivity contribution in [1.29, 1.82) is 0 Å². The molecule has 0 radical (unpaired) electrons. The summed E-state index contributed by atoms with van der Waals surface area (Å²) in [5, 5.41) is 0. The molecule has 1 heterocycles. The first kappa shape index (κ1) is 13.3. The second-order valence-electron chi connectivity index (χ2n) is 4.59. The molecule has 1 aromatic heterocycles. The summed E-state index contributed by atoms with van der Waals surface area (Å²) in [7, 11) is 1.52. The first-order valence-corrected chi connectivity index (χ1v) is 6.20. The molecule has 0 atom stereocenters. The summed E-state index contributed by atoms with van der Waals surface area (Å²) in [6.45, 7) is 4.04. The van der Waals surface area contributed by atoms with Gasteiger partial charge in [-0.05, 0) is 37.1 Å². The Labute approximate surface area is 113 Å². The van der Waals surface area contributed by atoms with Crippen molar-refractivity contribution in [2.24, 2.45) is 0 Å². The Morgan fingerprint density at radius 2 is 2.05 bits per heavy atom. The van der Waals surface area contributed by atoms with Crippen molar-refractivity contribution in [2.75, 3.05) is 7.11 Å². The van der Waals surface area contributed by atoms with E-state index in [1.807, 2.05) is 26.0 Å². The van der Waals surface area contributed by atoms with Crippen LogP contribution in [0.2, 0.25) is 0 Å². The highest BCUT2D eigenvalue weighted by Gasteiger charge is 2.14. The number of ether oxygens (including phenoxy) is 1. The fraction of sp³-hybridized carbons (Fsp3) is 0.250. The molecule has 0 fully saturated rings. The van der Waals surface area contributed by atoms with Crippen LogP contribution in [0.15, 0.2) is 36.5 Å². The van der Waals surface area contributed by atoms with Gasteiger partial charge in [-0.25, -0.2) is 4.98 Å². The van der Waals surface area contributed by atoms with E-state index < -0.39 is 0 Å². The highest BCUT2D eigenvalue weighted by atomic mass is 16.5. The number of pyridine rings is 1. The van der Waals surface area contributed by atoms with E-state index >= 15 is 0 Å². The summed E-state index contributed by atoms with van der Waals surface area (Å²) < 4.78 is 5.13. The first-order chi connectivity index (χ1) is 9.11. The molecule has 0 N–H and O–H groups in total. The van der Waals surface area contributed by atoms with Crippen LogP contribution < -0.4 is 4.74 Å². The van der Waals surface area contributed by atoms with Gasteiger partial charge in [0.15, 0.2) is 5.78 Å². The predicted molar refractivity (Wildman–Crippen MR) is 74.7 cm³/mol. The lowest BCUT2D eigenvalue weighted by Gasteiger charge is -2.08. The molecular weight excluding hydrogens is 238 g/mol. The lowest BCUT2D eigenvalue weighted by atomic mass is 9.98. The molecule has 0 unspecified atom stereocenters. The van der Waals surface area contributed by atoms with Crippen LogP contribution in [0.25, 0.3) is 0 Å². The number of benzene rings is 1. The van der Waals surface area contributed by atoms with Crippen LogP contribution in [0, 0.1) is 13.8 Å². The van der Waals surface area contributed by atoms with Crippen molar-refractivity contribution in [1.82, 2.24) is 4.98 Å². The topological polar surface area (TPSA) is 39.2 Å². The van der Waals surface area contributed by atoms with Crippen LogP contribution >= 0.6 is 0 Å². The molecule has 0 saturated carbocycles. The molecule has 19 heavy (non-hydrogen) atoms. The molecule has 0 aliphatic heterocycles. The highest BCUT2D eigenvalue weighted by Crippen LogP contribution is 2.18. The number of ketones is 1. The van der Waals surface area contributed by atoms with E-state index in [1.165, 1.54) is 7.11 Å². The molecule has 0 bridgehead atoms. The van der Waals surface area contributed by atoms with Gasteiger partial charge in [-0.15, -0.1) is 0 Å². The first-order valence-electron chi connectivity index (χ1n) is 6.20. The van der Waals surface area contributed by atoms with Crippen LogP contribution in [-0.4, -0.2) is 17.9 Å². The zero-order valence-electron chi connectivity index (χ0n) is 11.4. The Bertz CT molecular complexity index is 605. The second kappa shape index (κ2) is 5.65. The van der Waals surface area contributed by atoms with Crippen molar-refractivity contribution in [3.8, 4) is 5.88 Å². The van der Waals surface area contributed by atoms with Crippen LogP contribution in [0.1, 0.15) is 27.0 Å². The Morgan fingerprint density at radius 3 is 2.79 bits per heavy atom. The summed E-state index contributed by atoms with van der Waals surface area (Å²) >= 11 is 0. The average molecular weight is 255 g/mol. The van der Waals surface area contributed by atoms with E-state index in [0.29, 0.717) is 17.9 Å². The van der Waals surface area contributed by atoms with E-state index in [1.54, 1.807) is 18.3 Å². The third-order valence-electron chi connectivity index (χ3n) is 3.12. The molecule has 0 spiro atoms. The van der Waals surface area contributed by atoms with Crippen LogP contribution in [-0.2, 0) is 6.42 Å². The number of hydrogen-bond acceptors (Lipinski definition) is 3. The third-order valence-corrected chi connectivity index (χ3v) is 3.12. The average Bonchev–Trinajstić information content (AvgIpc) is 2.42.